The summed E-state index contributed by atoms with van der Waals surface area (Å²) in [6, 6.07) is 8.65. The predicted octanol–water partition coefficient (Wildman–Crippen LogP) is -3.73. The molecule has 1 atom stereocenters. The normalized spacial score (nSPS) is 12.2. The van der Waals surface area contributed by atoms with E-state index >= 15 is 0 Å². The Hall–Kier alpha value is 1.49. The second kappa shape index (κ2) is 16.6. The molecule has 0 aromatic heterocycles. The Morgan fingerprint density at radius 2 is 1.33 bits per heavy atom. The van der Waals surface area contributed by atoms with Crippen LogP contribution in [0.2, 0.25) is 0 Å². The molecule has 0 amide bonds. The molecule has 0 aliphatic heterocycles. The summed E-state index contributed by atoms with van der Waals surface area (Å²) in [5, 5.41) is 2.90. The molecule has 0 heterocycles. The number of rotatable bonds is 12. The van der Waals surface area contributed by atoms with E-state index in [1.807, 2.05) is 0 Å². The van der Waals surface area contributed by atoms with Crippen molar-refractivity contribution >= 4 is 7.94 Å². The first-order chi connectivity index (χ1) is 10.6. The Labute approximate surface area is 192 Å². The van der Waals surface area contributed by atoms with E-state index in [4.69, 9.17) is 0 Å². The van der Waals surface area contributed by atoms with Gasteiger partial charge in [-0.05, 0) is 13.0 Å². The molecule has 1 N–H and O–H groups in total. The monoisotopic (exact) mass is 371 g/mol. The summed E-state index contributed by atoms with van der Waals surface area (Å²) >= 11 is 0. The van der Waals surface area contributed by atoms with Gasteiger partial charge in [-0.3, -0.25) is 5.32 Å². The summed E-state index contributed by atoms with van der Waals surface area (Å²) in [5.74, 6) is -1.11. The molecule has 24 heavy (non-hydrogen) atoms. The Morgan fingerprint density at radius 1 is 0.833 bits per heavy atom. The molecular weight excluding hydrogens is 343 g/mol. The maximum Gasteiger partial charge on any atom is 1.00 e. The van der Waals surface area contributed by atoms with Crippen LogP contribution in [0.3, 0.4) is 0 Å². The van der Waals surface area contributed by atoms with Crippen LogP contribution in [0.5, 0.6) is 0 Å². The van der Waals surface area contributed by atoms with E-state index in [-0.39, 0.29) is 59.1 Å². The van der Waals surface area contributed by atoms with E-state index < -0.39 is 13.7 Å². The van der Waals surface area contributed by atoms with Crippen LogP contribution in [-0.2, 0) is 0 Å². The van der Waals surface area contributed by atoms with Gasteiger partial charge < -0.3 is 14.7 Å². The van der Waals surface area contributed by atoms with Gasteiger partial charge in [-0.1, -0.05) is 82.2 Å². The van der Waals surface area contributed by atoms with Crippen molar-refractivity contribution < 1.29 is 73.8 Å². The van der Waals surface area contributed by atoms with Crippen LogP contribution in [0.1, 0.15) is 69.6 Å². The van der Waals surface area contributed by atoms with Gasteiger partial charge in [0.15, 0.2) is 0 Å². The Balaban J connectivity index is 0. The first kappa shape index (κ1) is 27.7. The van der Waals surface area contributed by atoms with Crippen molar-refractivity contribution in [3.63, 3.8) is 0 Å². The summed E-state index contributed by atoms with van der Waals surface area (Å²) in [5.41, 5.74) is 0.524. The molecule has 126 valence electrons. The molecule has 1 rings (SSSR count). The average molecular weight is 371 g/mol. The fraction of sp³-hybridized carbons (Fsp3) is 0.647. The molecule has 1 unspecified atom stereocenters. The molecule has 0 radical (unpaired) electrons. The maximum absolute atomic E-state index is 11.4. The Bertz CT molecular complexity index is 391. The van der Waals surface area contributed by atoms with Crippen LogP contribution in [-0.4, -0.2) is 6.54 Å². The molecule has 1 aromatic carbocycles. The summed E-state index contributed by atoms with van der Waals surface area (Å²) in [6.45, 7) is 2.77. The SMILES string of the molecule is CCCCCCCCCCNC(c1ccccc1)[P+]([O-])([O-])[O-].[Na+].[Na+]. The second-order valence-electron chi connectivity index (χ2n) is 5.78. The number of unbranched alkanes of at least 4 members (excludes halogenated alkanes) is 7. The first-order valence-electron chi connectivity index (χ1n) is 8.35. The molecule has 0 saturated heterocycles. The molecule has 1 aromatic rings. The van der Waals surface area contributed by atoms with Crippen LogP contribution in [0, 0.1) is 0 Å². The minimum Gasteiger partial charge on any atom is -0.686 e. The van der Waals surface area contributed by atoms with Crippen molar-refractivity contribution in [1.29, 1.82) is 0 Å². The van der Waals surface area contributed by atoms with Crippen LogP contribution < -0.4 is 79.1 Å². The van der Waals surface area contributed by atoms with E-state index in [2.05, 4.69) is 12.2 Å². The van der Waals surface area contributed by atoms with Gasteiger partial charge in [-0.25, -0.2) is 0 Å². The van der Waals surface area contributed by atoms with E-state index in [0.29, 0.717) is 12.1 Å². The summed E-state index contributed by atoms with van der Waals surface area (Å²) in [7, 11) is -4.68. The quantitative estimate of drug-likeness (QED) is 0.233. The van der Waals surface area contributed by atoms with Gasteiger partial charge in [0, 0.05) is 5.56 Å². The van der Waals surface area contributed by atoms with E-state index in [0.717, 1.165) is 12.8 Å². The zero-order valence-electron chi connectivity index (χ0n) is 15.5. The first-order valence-corrected chi connectivity index (χ1v) is 9.97. The summed E-state index contributed by atoms with van der Waals surface area (Å²) < 4.78 is 0. The molecule has 0 fully saturated rings. The smallest absolute Gasteiger partial charge is 0.686 e. The Kier molecular flexibility index (Phi) is 19.2. The molecule has 0 spiro atoms. The molecular formula is C17H28NNa2O3P. The molecule has 0 aliphatic rings. The minimum absolute atomic E-state index is 0. The van der Waals surface area contributed by atoms with Gasteiger partial charge in [0.2, 0.25) is 0 Å². The van der Waals surface area contributed by atoms with Crippen molar-refractivity contribution in [1.82, 2.24) is 5.32 Å². The minimum atomic E-state index is -4.68. The molecule has 4 nitrogen and oxygen atoms in total. The van der Waals surface area contributed by atoms with Crippen LogP contribution in [0.4, 0.5) is 0 Å². The topological polar surface area (TPSA) is 81.2 Å². The van der Waals surface area contributed by atoms with Crippen LogP contribution in [0.15, 0.2) is 30.3 Å². The van der Waals surface area contributed by atoms with Gasteiger partial charge in [-0.15, -0.1) is 7.94 Å². The zero-order chi connectivity index (χ0) is 16.3. The van der Waals surface area contributed by atoms with Gasteiger partial charge >= 0.3 is 59.1 Å². The van der Waals surface area contributed by atoms with E-state index in [1.165, 1.54) is 38.5 Å². The van der Waals surface area contributed by atoms with Gasteiger partial charge in [0.25, 0.3) is 0 Å². The van der Waals surface area contributed by atoms with Gasteiger partial charge in [0.05, 0.1) is 0 Å². The average Bonchev–Trinajstić information content (AvgIpc) is 2.49. The second-order valence-corrected chi connectivity index (χ2v) is 7.38. The third-order valence-corrected chi connectivity index (χ3v) is 4.91. The van der Waals surface area contributed by atoms with E-state index in [1.54, 1.807) is 30.3 Å². The third-order valence-electron chi connectivity index (χ3n) is 3.80. The zero-order valence-corrected chi connectivity index (χ0v) is 20.4. The molecule has 7 heteroatoms. The molecule has 0 bridgehead atoms. The predicted molar refractivity (Wildman–Crippen MR) is 86.7 cm³/mol. The number of hydrogen-bond acceptors (Lipinski definition) is 4. The van der Waals surface area contributed by atoms with Crippen molar-refractivity contribution in [2.45, 2.75) is 64.1 Å². The third kappa shape index (κ3) is 12.8. The van der Waals surface area contributed by atoms with Crippen molar-refractivity contribution in [3.05, 3.63) is 35.9 Å². The fourth-order valence-electron chi connectivity index (χ4n) is 2.55. The van der Waals surface area contributed by atoms with Crippen molar-refractivity contribution in [3.8, 4) is 0 Å². The Morgan fingerprint density at radius 3 is 1.83 bits per heavy atom. The van der Waals surface area contributed by atoms with Crippen LogP contribution >= 0.6 is 7.94 Å². The van der Waals surface area contributed by atoms with Gasteiger partial charge in [0.1, 0.15) is 5.78 Å². The maximum atomic E-state index is 11.4. The number of nitrogens with one attached hydrogen (secondary N) is 1. The van der Waals surface area contributed by atoms with Crippen LogP contribution in [0.25, 0.3) is 0 Å². The molecule has 0 saturated carbocycles. The fourth-order valence-corrected chi connectivity index (χ4v) is 3.44. The van der Waals surface area contributed by atoms with Gasteiger partial charge in [-0.2, -0.15) is 0 Å². The number of benzene rings is 1. The summed E-state index contributed by atoms with van der Waals surface area (Å²) in [6.07, 6.45) is 9.54. The largest absolute Gasteiger partial charge is 1.00 e. The standard InChI is InChI=1S/C17H30NO3P.2Na/c1-2-3-4-5-6-7-8-12-15-18-17(22(19,20)21)16-13-10-9-11-14-16;;/h9-11,13-14,17-18H,2-8,12,15H2,1H3,(H2,19,20,21);;/q;2*+1/p-2. The van der Waals surface area contributed by atoms with E-state index in [9.17, 15) is 14.7 Å². The number of hydrogen-bond donors (Lipinski definition) is 1. The summed E-state index contributed by atoms with van der Waals surface area (Å²) in [4.78, 5) is 34.2. The van der Waals surface area contributed by atoms with Crippen molar-refractivity contribution in [2.24, 2.45) is 0 Å². The van der Waals surface area contributed by atoms with Crippen molar-refractivity contribution in [2.75, 3.05) is 6.54 Å². The molecule has 0 aliphatic carbocycles.